The van der Waals surface area contributed by atoms with Crippen molar-refractivity contribution in [1.82, 2.24) is 24.9 Å². The molecular formula is C24H18KN5OS. The van der Waals surface area contributed by atoms with Crippen LogP contribution in [0.3, 0.4) is 0 Å². The average molecular weight is 464 g/mol. The summed E-state index contributed by atoms with van der Waals surface area (Å²) in [5.41, 5.74) is 4.35. The van der Waals surface area contributed by atoms with Crippen LogP contribution in [0.25, 0.3) is 22.5 Å². The van der Waals surface area contributed by atoms with Crippen LogP contribution in [0.15, 0.2) is 94.6 Å². The molecule has 5 rings (SSSR count). The van der Waals surface area contributed by atoms with Crippen LogP contribution in [-0.4, -0.2) is 24.9 Å². The summed E-state index contributed by atoms with van der Waals surface area (Å²) in [6, 6.07) is 28.3. The van der Waals surface area contributed by atoms with Crippen molar-refractivity contribution in [3.63, 3.8) is 0 Å². The fraction of sp³-hybridized carbons (Fsp3) is 0.0833. The maximum Gasteiger partial charge on any atom is 1.00 e. The normalized spacial score (nSPS) is 10.6. The minimum absolute atomic E-state index is 0. The maximum atomic E-state index is 5.45. The van der Waals surface area contributed by atoms with Gasteiger partial charge in [-0.25, -0.2) is 0 Å². The monoisotopic (exact) mass is 463 g/mol. The molecule has 0 unspecified atom stereocenters. The molecular weight excluding hydrogens is 445 g/mol. The van der Waals surface area contributed by atoms with E-state index in [-0.39, 0.29) is 51.4 Å². The summed E-state index contributed by atoms with van der Waals surface area (Å²) >= 11 is 5.45. The fourth-order valence-electron chi connectivity index (χ4n) is 3.50. The van der Waals surface area contributed by atoms with E-state index in [1.54, 1.807) is 0 Å². The van der Waals surface area contributed by atoms with Gasteiger partial charge >= 0.3 is 51.4 Å². The van der Waals surface area contributed by atoms with Gasteiger partial charge in [-0.1, -0.05) is 90.1 Å². The molecule has 0 spiro atoms. The Morgan fingerprint density at radius 1 is 0.781 bits per heavy atom. The second-order valence-corrected chi connectivity index (χ2v) is 7.43. The summed E-state index contributed by atoms with van der Waals surface area (Å²) in [4.78, 5) is 4.51. The van der Waals surface area contributed by atoms with Crippen molar-refractivity contribution >= 4 is 12.6 Å². The van der Waals surface area contributed by atoms with E-state index in [1.165, 1.54) is 0 Å². The minimum Gasteiger partial charge on any atom is -0.740 e. The van der Waals surface area contributed by atoms with Gasteiger partial charge in [-0.15, -0.1) is 5.10 Å². The molecule has 0 amide bonds. The summed E-state index contributed by atoms with van der Waals surface area (Å²) in [6.45, 7) is 0.561. The molecule has 0 aliphatic heterocycles. The van der Waals surface area contributed by atoms with Crippen molar-refractivity contribution in [2.45, 2.75) is 18.1 Å². The van der Waals surface area contributed by atoms with Crippen LogP contribution in [0.5, 0.6) is 0 Å². The molecule has 0 aliphatic rings. The first-order valence-corrected chi connectivity index (χ1v) is 10.3. The molecule has 152 valence electrons. The standard InChI is InChI=1S/C24H19N5OS.K/c31-24-27-26-21(15-22-25-23(28-30-22)18-11-5-2-6-12-18)29(24)16-19-13-7-8-14-20(19)17-9-3-1-4-10-17;/h1-14H,15-16H2,(H,27,31);/q;+1/p-1. The van der Waals surface area contributed by atoms with Gasteiger partial charge in [-0.2, -0.15) is 10.1 Å². The van der Waals surface area contributed by atoms with Crippen molar-refractivity contribution in [3.8, 4) is 22.5 Å². The van der Waals surface area contributed by atoms with Gasteiger partial charge in [0.1, 0.15) is 5.82 Å². The minimum atomic E-state index is 0. The van der Waals surface area contributed by atoms with Gasteiger partial charge in [0.05, 0.1) is 6.42 Å². The Hall–Kier alpha value is -2.20. The van der Waals surface area contributed by atoms with Crippen LogP contribution in [0.2, 0.25) is 0 Å². The third kappa shape index (κ3) is 5.06. The van der Waals surface area contributed by atoms with Crippen LogP contribution in [-0.2, 0) is 25.6 Å². The van der Waals surface area contributed by atoms with E-state index in [0.29, 0.717) is 35.7 Å². The first kappa shape index (κ1) is 23.0. The zero-order chi connectivity index (χ0) is 21.0. The molecule has 0 N–H and O–H groups in total. The topological polar surface area (TPSA) is 69.6 Å². The summed E-state index contributed by atoms with van der Waals surface area (Å²) in [5, 5.41) is 12.9. The smallest absolute Gasteiger partial charge is 0.740 e. The van der Waals surface area contributed by atoms with Gasteiger partial charge in [0.2, 0.25) is 11.7 Å². The Kier molecular flexibility index (Phi) is 7.62. The number of nitrogens with zero attached hydrogens (tertiary/aromatic N) is 5. The quantitative estimate of drug-likeness (QED) is 0.281. The van der Waals surface area contributed by atoms with Gasteiger partial charge in [-0.05, 0) is 16.7 Å². The number of hydrogen-bond donors (Lipinski definition) is 0. The zero-order valence-corrected chi connectivity index (χ0v) is 21.5. The average Bonchev–Trinajstić information content (AvgIpc) is 3.43. The Balaban J connectivity index is 0.00000245. The van der Waals surface area contributed by atoms with E-state index in [4.69, 9.17) is 17.2 Å². The summed E-state index contributed by atoms with van der Waals surface area (Å²) in [7, 11) is 0. The van der Waals surface area contributed by atoms with Gasteiger partial charge in [0, 0.05) is 17.3 Å². The molecule has 0 aliphatic carbocycles. The Morgan fingerprint density at radius 3 is 2.19 bits per heavy atom. The molecule has 6 nitrogen and oxygen atoms in total. The van der Waals surface area contributed by atoms with Crippen molar-refractivity contribution in [1.29, 1.82) is 0 Å². The number of aromatic nitrogens is 5. The maximum absolute atomic E-state index is 5.45. The van der Waals surface area contributed by atoms with Crippen molar-refractivity contribution in [2.75, 3.05) is 0 Å². The van der Waals surface area contributed by atoms with E-state index in [2.05, 4.69) is 44.6 Å². The summed E-state index contributed by atoms with van der Waals surface area (Å²) in [6.07, 6.45) is 0.358. The van der Waals surface area contributed by atoms with Gasteiger partial charge < -0.3 is 21.7 Å². The zero-order valence-electron chi connectivity index (χ0n) is 17.5. The molecule has 5 aromatic rings. The van der Waals surface area contributed by atoms with Crippen LogP contribution in [0.1, 0.15) is 17.3 Å². The van der Waals surface area contributed by atoms with E-state index < -0.39 is 0 Å². The summed E-state index contributed by atoms with van der Waals surface area (Å²) in [5.74, 6) is 1.71. The molecule has 2 heterocycles. The van der Waals surface area contributed by atoms with Gasteiger partial charge in [-0.3, -0.25) is 0 Å². The molecule has 0 fully saturated rings. The second-order valence-electron chi connectivity index (χ2n) is 7.06. The Bertz CT molecular complexity index is 1300. The molecule has 8 heteroatoms. The number of benzene rings is 3. The summed E-state index contributed by atoms with van der Waals surface area (Å²) < 4.78 is 7.37. The van der Waals surface area contributed by atoms with Crippen molar-refractivity contribution < 1.29 is 55.9 Å². The molecule has 3 aromatic carbocycles. The molecule has 32 heavy (non-hydrogen) atoms. The van der Waals surface area contributed by atoms with Crippen molar-refractivity contribution in [3.05, 3.63) is 102 Å². The molecule has 0 saturated heterocycles. The van der Waals surface area contributed by atoms with Crippen LogP contribution < -0.4 is 51.4 Å². The third-order valence-electron chi connectivity index (χ3n) is 5.03. The third-order valence-corrected chi connectivity index (χ3v) is 5.34. The number of hydrogen-bond acceptors (Lipinski definition) is 6. The Morgan fingerprint density at radius 2 is 1.44 bits per heavy atom. The van der Waals surface area contributed by atoms with Crippen LogP contribution >= 0.6 is 0 Å². The second kappa shape index (κ2) is 10.6. The van der Waals surface area contributed by atoms with E-state index in [0.717, 1.165) is 22.3 Å². The predicted molar refractivity (Wildman–Crippen MR) is 119 cm³/mol. The van der Waals surface area contributed by atoms with Crippen LogP contribution in [0.4, 0.5) is 0 Å². The first-order valence-electron chi connectivity index (χ1n) is 9.88. The molecule has 0 radical (unpaired) electrons. The van der Waals surface area contributed by atoms with E-state index in [1.807, 2.05) is 65.2 Å². The van der Waals surface area contributed by atoms with Crippen molar-refractivity contribution in [2.24, 2.45) is 0 Å². The SMILES string of the molecule is [K+].[S-]c1nnc(Cc2nc(-c3ccccc3)no2)n1Cc1ccccc1-c1ccccc1. The van der Waals surface area contributed by atoms with E-state index in [9.17, 15) is 0 Å². The molecule has 0 saturated carbocycles. The first-order chi connectivity index (χ1) is 15.3. The molecule has 2 aromatic heterocycles. The van der Waals surface area contributed by atoms with Gasteiger partial charge in [0.25, 0.3) is 0 Å². The molecule has 0 bridgehead atoms. The van der Waals surface area contributed by atoms with Crippen LogP contribution in [0, 0.1) is 0 Å². The van der Waals surface area contributed by atoms with E-state index >= 15 is 0 Å². The molecule has 0 atom stereocenters. The number of rotatable bonds is 6. The predicted octanol–water partition coefficient (Wildman–Crippen LogP) is 1.54. The van der Waals surface area contributed by atoms with Gasteiger partial charge in [0.15, 0.2) is 0 Å². The Labute approximate surface area is 233 Å². The fourth-order valence-corrected chi connectivity index (χ4v) is 3.71. The largest absolute Gasteiger partial charge is 1.00 e.